The average molecular weight is 463 g/mol. The second-order valence-electron chi connectivity index (χ2n) is 6.28. The molecule has 4 N–H and O–H groups in total. The van der Waals surface area contributed by atoms with Crippen LogP contribution in [0.3, 0.4) is 0 Å². The van der Waals surface area contributed by atoms with Crippen molar-refractivity contribution >= 4 is 41.0 Å². The molecule has 4 rings (SSSR count). The van der Waals surface area contributed by atoms with E-state index in [1.54, 1.807) is 0 Å². The quantitative estimate of drug-likeness (QED) is 0.316. The Balaban J connectivity index is 0.00000196. The Kier molecular flexibility index (Phi) is 5.65. The average Bonchev–Trinajstić information content (AvgIpc) is 3.02. The molecule has 1 aliphatic rings. The zero-order valence-corrected chi connectivity index (χ0v) is 16.9. The number of nitrogens with one attached hydrogen (secondary N) is 2. The smallest absolute Gasteiger partial charge is 0.189 e. The van der Waals surface area contributed by atoms with E-state index in [0.29, 0.717) is 19.1 Å². The zero-order chi connectivity index (χ0) is 17.2. The minimum atomic E-state index is 0. The highest BCUT2D eigenvalue weighted by Crippen LogP contribution is 2.31. The molecule has 0 amide bonds. The van der Waals surface area contributed by atoms with Gasteiger partial charge in [-0.1, -0.05) is 24.3 Å². The van der Waals surface area contributed by atoms with Crippen molar-refractivity contribution in [3.05, 3.63) is 59.4 Å². The van der Waals surface area contributed by atoms with Crippen LogP contribution in [0.2, 0.25) is 0 Å². The van der Waals surface area contributed by atoms with E-state index in [2.05, 4.69) is 45.4 Å². The van der Waals surface area contributed by atoms with Crippen molar-refractivity contribution < 1.29 is 4.74 Å². The molecule has 0 saturated carbocycles. The molecule has 136 valence electrons. The number of aryl methyl sites for hydroxylation is 1. The molecule has 7 heteroatoms. The van der Waals surface area contributed by atoms with Crippen molar-refractivity contribution in [2.75, 3.05) is 6.61 Å². The Morgan fingerprint density at radius 2 is 2.19 bits per heavy atom. The van der Waals surface area contributed by atoms with Crippen LogP contribution in [0.4, 0.5) is 0 Å². The summed E-state index contributed by atoms with van der Waals surface area (Å²) in [4.78, 5) is 12.3. The van der Waals surface area contributed by atoms with Crippen LogP contribution in [-0.4, -0.2) is 22.5 Å². The highest BCUT2D eigenvalue weighted by atomic mass is 127. The fourth-order valence-electron chi connectivity index (χ4n) is 3.13. The molecule has 6 nitrogen and oxygen atoms in total. The van der Waals surface area contributed by atoms with Gasteiger partial charge in [0.15, 0.2) is 5.96 Å². The summed E-state index contributed by atoms with van der Waals surface area (Å²) in [6.45, 7) is 3.15. The van der Waals surface area contributed by atoms with Crippen molar-refractivity contribution in [2.45, 2.75) is 25.9 Å². The predicted octanol–water partition coefficient (Wildman–Crippen LogP) is 3.42. The van der Waals surface area contributed by atoms with Gasteiger partial charge in [-0.25, -0.2) is 9.98 Å². The third-order valence-electron chi connectivity index (χ3n) is 4.37. The third kappa shape index (κ3) is 3.92. The standard InChI is InChI=1S/C19H21N5O.HI/c1-12-6-7-15-16(10-12)23-18(22-15)11-21-19(20)24-14-8-9-25-17-5-3-2-4-13(14)17;/h2-7,10,14H,8-9,11H2,1H3,(H,22,23)(H3,20,21,24);1H. The molecule has 2 heterocycles. The second kappa shape index (κ2) is 7.94. The number of para-hydroxylation sites is 1. The molecule has 0 spiro atoms. The molecule has 1 unspecified atom stereocenters. The lowest BCUT2D eigenvalue weighted by atomic mass is 10.0. The summed E-state index contributed by atoms with van der Waals surface area (Å²) in [6, 6.07) is 14.3. The van der Waals surface area contributed by atoms with Crippen molar-refractivity contribution in [2.24, 2.45) is 10.7 Å². The fourth-order valence-corrected chi connectivity index (χ4v) is 3.13. The Labute approximate surface area is 169 Å². The summed E-state index contributed by atoms with van der Waals surface area (Å²) in [5.74, 6) is 2.13. The van der Waals surface area contributed by atoms with Crippen LogP contribution >= 0.6 is 24.0 Å². The monoisotopic (exact) mass is 463 g/mol. The number of aliphatic imine (C=N–C) groups is 1. The number of nitrogens with zero attached hydrogens (tertiary/aromatic N) is 2. The maximum absolute atomic E-state index is 6.08. The molecule has 0 bridgehead atoms. The molecule has 1 aromatic heterocycles. The van der Waals surface area contributed by atoms with Crippen molar-refractivity contribution in [3.63, 3.8) is 0 Å². The number of aromatic nitrogens is 2. The Morgan fingerprint density at radius 3 is 3.08 bits per heavy atom. The lowest BCUT2D eigenvalue weighted by Gasteiger charge is -2.26. The number of guanidine groups is 1. The van der Waals surface area contributed by atoms with E-state index < -0.39 is 0 Å². The molecular formula is C19H22IN5O. The minimum absolute atomic E-state index is 0. The summed E-state index contributed by atoms with van der Waals surface area (Å²) in [7, 11) is 0. The van der Waals surface area contributed by atoms with E-state index in [1.165, 1.54) is 5.56 Å². The Bertz CT molecular complexity index is 937. The Morgan fingerprint density at radius 1 is 1.35 bits per heavy atom. The number of halogens is 1. The molecule has 1 aliphatic heterocycles. The first kappa shape index (κ1) is 18.5. The number of nitrogens with two attached hydrogens (primary N) is 1. The molecule has 3 aromatic rings. The first-order valence-corrected chi connectivity index (χ1v) is 8.42. The number of imidazole rings is 1. The topological polar surface area (TPSA) is 88.3 Å². The first-order valence-electron chi connectivity index (χ1n) is 8.42. The number of H-pyrrole nitrogens is 1. The van der Waals surface area contributed by atoms with Crippen LogP contribution < -0.4 is 15.8 Å². The van der Waals surface area contributed by atoms with Gasteiger partial charge in [0.05, 0.1) is 23.7 Å². The third-order valence-corrected chi connectivity index (χ3v) is 4.37. The molecule has 2 aromatic carbocycles. The number of hydrogen-bond donors (Lipinski definition) is 3. The van der Waals surface area contributed by atoms with Gasteiger partial charge in [-0.2, -0.15) is 0 Å². The van der Waals surface area contributed by atoms with E-state index in [0.717, 1.165) is 34.6 Å². The largest absolute Gasteiger partial charge is 0.493 e. The second-order valence-corrected chi connectivity index (χ2v) is 6.28. The predicted molar refractivity (Wildman–Crippen MR) is 114 cm³/mol. The van der Waals surface area contributed by atoms with E-state index in [-0.39, 0.29) is 30.0 Å². The Hall–Kier alpha value is -2.29. The van der Waals surface area contributed by atoms with Gasteiger partial charge in [0.1, 0.15) is 18.1 Å². The number of ether oxygens (including phenoxy) is 1. The summed E-state index contributed by atoms with van der Waals surface area (Å²) in [5, 5.41) is 3.29. The molecule has 1 atom stereocenters. The minimum Gasteiger partial charge on any atom is -0.493 e. The lowest BCUT2D eigenvalue weighted by Crippen LogP contribution is -2.37. The normalized spacial score (nSPS) is 16.5. The van der Waals surface area contributed by atoms with Crippen molar-refractivity contribution in [1.82, 2.24) is 15.3 Å². The van der Waals surface area contributed by atoms with Gasteiger partial charge in [-0.3, -0.25) is 0 Å². The number of benzene rings is 2. The molecule has 26 heavy (non-hydrogen) atoms. The molecule has 0 saturated heterocycles. The molecular weight excluding hydrogens is 441 g/mol. The molecule has 0 aliphatic carbocycles. The van der Waals surface area contributed by atoms with Gasteiger partial charge in [0, 0.05) is 12.0 Å². The van der Waals surface area contributed by atoms with Gasteiger partial charge in [-0.15, -0.1) is 24.0 Å². The summed E-state index contributed by atoms with van der Waals surface area (Å²) in [5.41, 5.74) is 10.4. The number of fused-ring (bicyclic) bond motifs is 2. The van der Waals surface area contributed by atoms with Gasteiger partial charge >= 0.3 is 0 Å². The van der Waals surface area contributed by atoms with Crippen molar-refractivity contribution in [1.29, 1.82) is 0 Å². The van der Waals surface area contributed by atoms with Crippen LogP contribution in [0, 0.1) is 6.92 Å². The van der Waals surface area contributed by atoms with Crippen LogP contribution in [0.15, 0.2) is 47.5 Å². The van der Waals surface area contributed by atoms with E-state index >= 15 is 0 Å². The van der Waals surface area contributed by atoms with Crippen LogP contribution in [-0.2, 0) is 6.54 Å². The van der Waals surface area contributed by atoms with Crippen LogP contribution in [0.25, 0.3) is 11.0 Å². The van der Waals surface area contributed by atoms with Crippen LogP contribution in [0.1, 0.15) is 29.4 Å². The number of aromatic amines is 1. The van der Waals surface area contributed by atoms with Crippen molar-refractivity contribution in [3.8, 4) is 5.75 Å². The highest BCUT2D eigenvalue weighted by Gasteiger charge is 2.21. The van der Waals surface area contributed by atoms with Gasteiger partial charge in [0.25, 0.3) is 0 Å². The van der Waals surface area contributed by atoms with E-state index in [1.807, 2.05) is 24.3 Å². The lowest BCUT2D eigenvalue weighted by molar-refractivity contribution is 0.262. The van der Waals surface area contributed by atoms with E-state index in [4.69, 9.17) is 10.5 Å². The number of hydrogen-bond acceptors (Lipinski definition) is 3. The zero-order valence-electron chi connectivity index (χ0n) is 14.5. The maximum atomic E-state index is 6.08. The van der Waals surface area contributed by atoms with E-state index in [9.17, 15) is 0 Å². The van der Waals surface area contributed by atoms with Crippen LogP contribution in [0.5, 0.6) is 5.75 Å². The summed E-state index contributed by atoms with van der Waals surface area (Å²) in [6.07, 6.45) is 0.858. The fraction of sp³-hybridized carbons (Fsp3) is 0.263. The molecule has 0 radical (unpaired) electrons. The number of rotatable bonds is 3. The van der Waals surface area contributed by atoms with Gasteiger partial charge in [0.2, 0.25) is 0 Å². The van der Waals surface area contributed by atoms with Gasteiger partial charge < -0.3 is 20.8 Å². The highest BCUT2D eigenvalue weighted by molar-refractivity contribution is 14.0. The summed E-state index contributed by atoms with van der Waals surface area (Å²) >= 11 is 0. The van der Waals surface area contributed by atoms with Gasteiger partial charge in [-0.05, 0) is 30.7 Å². The first-order chi connectivity index (χ1) is 12.2. The maximum Gasteiger partial charge on any atom is 0.189 e. The summed E-state index contributed by atoms with van der Waals surface area (Å²) < 4.78 is 5.67. The molecule has 0 fully saturated rings. The SMILES string of the molecule is Cc1ccc2nc(CN=C(N)NC3CCOc4ccccc43)[nH]c2c1.I.